The number of rotatable bonds is 6. The Kier molecular flexibility index (Phi) is 6.02. The highest BCUT2D eigenvalue weighted by Crippen LogP contribution is 2.24. The lowest BCUT2D eigenvalue weighted by molar-refractivity contribution is 0.0730. The number of aryl methyl sites for hydroxylation is 1. The lowest BCUT2D eigenvalue weighted by Crippen LogP contribution is -2.10. The molecule has 0 fully saturated rings. The van der Waals surface area contributed by atoms with Crippen LogP contribution in [-0.2, 0) is 0 Å². The minimum atomic E-state index is -0.525. The van der Waals surface area contributed by atoms with E-state index < -0.39 is 5.97 Å². The monoisotopic (exact) mass is 372 g/mol. The molecule has 0 unspecified atom stereocenters. The van der Waals surface area contributed by atoms with Gasteiger partial charge in [0.15, 0.2) is 5.78 Å². The smallest absolute Gasteiger partial charge is 0.347 e. The number of carbonyl (C=O) groups is 2. The van der Waals surface area contributed by atoms with Crippen molar-refractivity contribution < 1.29 is 19.1 Å². The second kappa shape index (κ2) is 8.82. The van der Waals surface area contributed by atoms with Crippen molar-refractivity contribution in [1.82, 2.24) is 0 Å². The zero-order chi connectivity index (χ0) is 19.9. The third-order valence-electron chi connectivity index (χ3n) is 4.20. The van der Waals surface area contributed by atoms with Gasteiger partial charge in [0, 0.05) is 11.1 Å². The van der Waals surface area contributed by atoms with Gasteiger partial charge in [-0.1, -0.05) is 60.2 Å². The standard InChI is InChI=1S/C24H20O4/c1-17-11-13-18(14-12-17)21(25)16-15-19-7-3-5-9-22(19)28-24(26)20-8-4-6-10-23(20)27-2/h3-16H,1-2H3. The molecule has 0 amide bonds. The molecule has 4 nitrogen and oxygen atoms in total. The number of carbonyl (C=O) groups excluding carboxylic acids is 2. The van der Waals surface area contributed by atoms with E-state index in [1.54, 1.807) is 60.7 Å². The summed E-state index contributed by atoms with van der Waals surface area (Å²) >= 11 is 0. The fourth-order valence-corrected chi connectivity index (χ4v) is 2.66. The SMILES string of the molecule is COc1ccccc1C(=O)Oc1ccccc1C=CC(=O)c1ccc(C)cc1. The summed E-state index contributed by atoms with van der Waals surface area (Å²) in [5.74, 6) is 0.162. The lowest BCUT2D eigenvalue weighted by Gasteiger charge is -2.10. The molecule has 0 atom stereocenters. The summed E-state index contributed by atoms with van der Waals surface area (Å²) in [5, 5.41) is 0. The van der Waals surface area contributed by atoms with Crippen molar-refractivity contribution in [2.24, 2.45) is 0 Å². The highest BCUT2D eigenvalue weighted by atomic mass is 16.5. The van der Waals surface area contributed by atoms with Gasteiger partial charge in [0.1, 0.15) is 17.1 Å². The molecule has 3 aromatic rings. The Labute approximate surface area is 164 Å². The summed E-state index contributed by atoms with van der Waals surface area (Å²) in [6.07, 6.45) is 3.12. The zero-order valence-electron chi connectivity index (χ0n) is 15.7. The van der Waals surface area contributed by atoms with Crippen molar-refractivity contribution in [3.63, 3.8) is 0 Å². The van der Waals surface area contributed by atoms with Gasteiger partial charge in [-0.15, -0.1) is 0 Å². The van der Waals surface area contributed by atoms with Crippen LogP contribution in [0, 0.1) is 6.92 Å². The van der Waals surface area contributed by atoms with E-state index in [4.69, 9.17) is 9.47 Å². The van der Waals surface area contributed by atoms with Gasteiger partial charge >= 0.3 is 5.97 Å². The number of ether oxygens (including phenoxy) is 2. The van der Waals surface area contributed by atoms with Gasteiger partial charge in [0.25, 0.3) is 0 Å². The average molecular weight is 372 g/mol. The first-order valence-corrected chi connectivity index (χ1v) is 8.82. The molecule has 0 aromatic heterocycles. The number of hydrogen-bond donors (Lipinski definition) is 0. The predicted molar refractivity (Wildman–Crippen MR) is 109 cm³/mol. The van der Waals surface area contributed by atoms with Crippen LogP contribution in [-0.4, -0.2) is 18.9 Å². The third kappa shape index (κ3) is 4.54. The molecular weight excluding hydrogens is 352 g/mol. The van der Waals surface area contributed by atoms with Crippen molar-refractivity contribution >= 4 is 17.8 Å². The van der Waals surface area contributed by atoms with E-state index in [0.29, 0.717) is 28.2 Å². The van der Waals surface area contributed by atoms with Gasteiger partial charge < -0.3 is 9.47 Å². The van der Waals surface area contributed by atoms with Crippen LogP contribution < -0.4 is 9.47 Å². The molecule has 0 saturated carbocycles. The number of hydrogen-bond acceptors (Lipinski definition) is 4. The normalized spacial score (nSPS) is 10.6. The second-order valence-corrected chi connectivity index (χ2v) is 6.19. The van der Waals surface area contributed by atoms with Crippen LogP contribution >= 0.6 is 0 Å². The maximum Gasteiger partial charge on any atom is 0.347 e. The van der Waals surface area contributed by atoms with Gasteiger partial charge in [-0.2, -0.15) is 0 Å². The largest absolute Gasteiger partial charge is 0.496 e. The van der Waals surface area contributed by atoms with Crippen LogP contribution in [0.3, 0.4) is 0 Å². The Bertz CT molecular complexity index is 1020. The van der Waals surface area contributed by atoms with Crippen molar-refractivity contribution in [2.45, 2.75) is 6.92 Å². The molecule has 0 heterocycles. The van der Waals surface area contributed by atoms with Gasteiger partial charge in [-0.25, -0.2) is 4.79 Å². The summed E-state index contributed by atoms with van der Waals surface area (Å²) in [7, 11) is 1.50. The van der Waals surface area contributed by atoms with E-state index in [1.165, 1.54) is 13.2 Å². The highest BCUT2D eigenvalue weighted by Gasteiger charge is 2.15. The Morgan fingerprint density at radius 3 is 2.18 bits per heavy atom. The quantitative estimate of drug-likeness (QED) is 0.261. The Hall–Kier alpha value is -3.66. The van der Waals surface area contributed by atoms with Crippen molar-refractivity contribution in [1.29, 1.82) is 0 Å². The number of allylic oxidation sites excluding steroid dienone is 1. The number of ketones is 1. The van der Waals surface area contributed by atoms with E-state index in [1.807, 2.05) is 25.1 Å². The van der Waals surface area contributed by atoms with Crippen molar-refractivity contribution in [3.05, 3.63) is 101 Å². The van der Waals surface area contributed by atoms with Crippen LogP contribution in [0.4, 0.5) is 0 Å². The molecule has 140 valence electrons. The number of methoxy groups -OCH3 is 1. The molecule has 28 heavy (non-hydrogen) atoms. The molecule has 0 spiro atoms. The van der Waals surface area contributed by atoms with Crippen LogP contribution in [0.5, 0.6) is 11.5 Å². The number of para-hydroxylation sites is 2. The fourth-order valence-electron chi connectivity index (χ4n) is 2.66. The summed E-state index contributed by atoms with van der Waals surface area (Å²) in [6, 6.07) is 21.3. The Morgan fingerprint density at radius 2 is 1.46 bits per heavy atom. The number of benzene rings is 3. The Morgan fingerprint density at radius 1 is 0.821 bits per heavy atom. The van der Waals surface area contributed by atoms with Gasteiger partial charge in [0.05, 0.1) is 7.11 Å². The van der Waals surface area contributed by atoms with Crippen LogP contribution in [0.1, 0.15) is 31.8 Å². The fraction of sp³-hybridized carbons (Fsp3) is 0.0833. The first-order chi connectivity index (χ1) is 13.6. The molecule has 0 bridgehead atoms. The predicted octanol–water partition coefficient (Wildman–Crippen LogP) is 5.12. The van der Waals surface area contributed by atoms with Gasteiger partial charge in [-0.3, -0.25) is 4.79 Å². The molecule has 4 heteroatoms. The van der Waals surface area contributed by atoms with E-state index in [-0.39, 0.29) is 5.78 Å². The molecule has 0 aliphatic carbocycles. The van der Waals surface area contributed by atoms with Crippen LogP contribution in [0.2, 0.25) is 0 Å². The molecule has 0 radical (unpaired) electrons. The molecule has 0 aliphatic heterocycles. The summed E-state index contributed by atoms with van der Waals surface area (Å²) in [6.45, 7) is 1.97. The molecule has 0 aliphatic rings. The molecule has 0 saturated heterocycles. The zero-order valence-corrected chi connectivity index (χ0v) is 15.7. The van der Waals surface area contributed by atoms with Crippen molar-refractivity contribution in [2.75, 3.05) is 7.11 Å². The number of esters is 1. The van der Waals surface area contributed by atoms with Crippen LogP contribution in [0.25, 0.3) is 6.08 Å². The topological polar surface area (TPSA) is 52.6 Å². The molecule has 0 N–H and O–H groups in total. The van der Waals surface area contributed by atoms with Crippen LogP contribution in [0.15, 0.2) is 78.9 Å². The third-order valence-corrected chi connectivity index (χ3v) is 4.20. The highest BCUT2D eigenvalue weighted by molar-refractivity contribution is 6.07. The van der Waals surface area contributed by atoms with Crippen molar-refractivity contribution in [3.8, 4) is 11.5 Å². The van der Waals surface area contributed by atoms with Gasteiger partial charge in [0.2, 0.25) is 0 Å². The average Bonchev–Trinajstić information content (AvgIpc) is 2.73. The lowest BCUT2D eigenvalue weighted by atomic mass is 10.1. The van der Waals surface area contributed by atoms with E-state index in [9.17, 15) is 9.59 Å². The van der Waals surface area contributed by atoms with E-state index in [0.717, 1.165) is 5.56 Å². The summed E-state index contributed by atoms with van der Waals surface area (Å²) in [5.41, 5.74) is 2.66. The second-order valence-electron chi connectivity index (χ2n) is 6.19. The van der Waals surface area contributed by atoms with E-state index in [2.05, 4.69) is 0 Å². The maximum absolute atomic E-state index is 12.5. The minimum absolute atomic E-state index is 0.120. The summed E-state index contributed by atoms with van der Waals surface area (Å²) in [4.78, 5) is 24.9. The van der Waals surface area contributed by atoms with Gasteiger partial charge in [-0.05, 0) is 37.3 Å². The first kappa shape index (κ1) is 19.1. The molecular formula is C24H20O4. The minimum Gasteiger partial charge on any atom is -0.496 e. The Balaban J connectivity index is 1.80. The molecule has 3 aromatic carbocycles. The maximum atomic E-state index is 12.5. The summed E-state index contributed by atoms with van der Waals surface area (Å²) < 4.78 is 10.8. The molecule has 3 rings (SSSR count). The first-order valence-electron chi connectivity index (χ1n) is 8.82. The van der Waals surface area contributed by atoms with E-state index >= 15 is 0 Å².